The van der Waals surface area contributed by atoms with Crippen LogP contribution >= 0.6 is 0 Å². The van der Waals surface area contributed by atoms with Gasteiger partial charge in [-0.15, -0.1) is 0 Å². The molecule has 1 aliphatic heterocycles. The lowest BCUT2D eigenvalue weighted by molar-refractivity contribution is -0.129. The number of aryl methyl sites for hydroxylation is 1. The van der Waals surface area contributed by atoms with Gasteiger partial charge in [-0.1, -0.05) is 0 Å². The van der Waals surface area contributed by atoms with E-state index in [1.165, 1.54) is 7.11 Å². The zero-order valence-electron chi connectivity index (χ0n) is 12.3. The Morgan fingerprint density at radius 3 is 2.71 bits per heavy atom. The smallest absolute Gasteiger partial charge is 0.339 e. The Morgan fingerprint density at radius 1 is 1.38 bits per heavy atom. The van der Waals surface area contributed by atoms with E-state index in [2.05, 4.69) is 20.4 Å². The van der Waals surface area contributed by atoms with Crippen LogP contribution in [-0.2, 0) is 9.53 Å². The van der Waals surface area contributed by atoms with E-state index < -0.39 is 5.97 Å². The number of amides is 1. The lowest BCUT2D eigenvalue weighted by Crippen LogP contribution is -2.48. The third-order valence-electron chi connectivity index (χ3n) is 3.38. The number of hydrogen-bond donors (Lipinski definition) is 2. The summed E-state index contributed by atoms with van der Waals surface area (Å²) in [5.41, 5.74) is 0.998. The Balaban J connectivity index is 1.92. The van der Waals surface area contributed by atoms with Gasteiger partial charge in [0.15, 0.2) is 0 Å². The second-order valence-electron chi connectivity index (χ2n) is 4.81. The van der Waals surface area contributed by atoms with Gasteiger partial charge in [-0.25, -0.2) is 9.78 Å². The van der Waals surface area contributed by atoms with Crippen molar-refractivity contribution in [1.82, 2.24) is 15.2 Å². The molecular weight excluding hydrogens is 272 g/mol. The van der Waals surface area contributed by atoms with Crippen LogP contribution in [0.4, 0.5) is 5.82 Å². The van der Waals surface area contributed by atoms with Gasteiger partial charge in [0.05, 0.1) is 24.9 Å². The van der Waals surface area contributed by atoms with E-state index in [1.54, 1.807) is 19.1 Å². The van der Waals surface area contributed by atoms with Gasteiger partial charge in [0.1, 0.15) is 5.82 Å². The van der Waals surface area contributed by atoms with Crippen molar-refractivity contribution in [3.05, 3.63) is 23.4 Å². The van der Waals surface area contributed by atoms with Crippen LogP contribution in [0.2, 0.25) is 0 Å². The molecule has 0 unspecified atom stereocenters. The number of pyridine rings is 1. The first-order chi connectivity index (χ1) is 10.1. The van der Waals surface area contributed by atoms with E-state index >= 15 is 0 Å². The van der Waals surface area contributed by atoms with Gasteiger partial charge < -0.3 is 20.3 Å². The summed E-state index contributed by atoms with van der Waals surface area (Å²) in [5, 5.41) is 6.19. The number of aromatic nitrogens is 1. The lowest BCUT2D eigenvalue weighted by Gasteiger charge is -2.27. The highest BCUT2D eigenvalue weighted by atomic mass is 16.5. The molecule has 2 rings (SSSR count). The maximum Gasteiger partial charge on any atom is 0.339 e. The fourth-order valence-electron chi connectivity index (χ4n) is 2.18. The highest BCUT2D eigenvalue weighted by Crippen LogP contribution is 2.11. The predicted molar refractivity (Wildman–Crippen MR) is 78.3 cm³/mol. The highest BCUT2D eigenvalue weighted by Gasteiger charge is 2.16. The van der Waals surface area contributed by atoms with Gasteiger partial charge in [-0.2, -0.15) is 0 Å². The maximum atomic E-state index is 12.0. The van der Waals surface area contributed by atoms with Crippen molar-refractivity contribution in [2.24, 2.45) is 0 Å². The Bertz CT molecular complexity index is 527. The first-order valence-corrected chi connectivity index (χ1v) is 6.90. The van der Waals surface area contributed by atoms with Crippen LogP contribution in [0.5, 0.6) is 0 Å². The molecular formula is C14H20N4O3. The molecule has 0 aliphatic carbocycles. The topological polar surface area (TPSA) is 83.6 Å². The van der Waals surface area contributed by atoms with Crippen molar-refractivity contribution in [2.45, 2.75) is 6.92 Å². The zero-order valence-corrected chi connectivity index (χ0v) is 12.3. The largest absolute Gasteiger partial charge is 0.465 e. The molecule has 1 aromatic heterocycles. The summed E-state index contributed by atoms with van der Waals surface area (Å²) in [6.45, 7) is 5.05. The number of nitrogens with zero attached hydrogens (tertiary/aromatic N) is 2. The molecule has 1 amide bonds. The first-order valence-electron chi connectivity index (χ1n) is 6.90. The van der Waals surface area contributed by atoms with Crippen LogP contribution in [0.3, 0.4) is 0 Å². The molecule has 21 heavy (non-hydrogen) atoms. The summed E-state index contributed by atoms with van der Waals surface area (Å²) in [5.74, 6) is 0.208. The fourth-order valence-corrected chi connectivity index (χ4v) is 2.18. The maximum absolute atomic E-state index is 12.0. The van der Waals surface area contributed by atoms with Crippen LogP contribution in [0.1, 0.15) is 16.1 Å². The third kappa shape index (κ3) is 3.91. The van der Waals surface area contributed by atoms with Crippen LogP contribution in [0.25, 0.3) is 0 Å². The van der Waals surface area contributed by atoms with Crippen molar-refractivity contribution < 1.29 is 14.3 Å². The van der Waals surface area contributed by atoms with Gasteiger partial charge >= 0.3 is 5.97 Å². The van der Waals surface area contributed by atoms with Gasteiger partial charge in [-0.05, 0) is 19.1 Å². The van der Waals surface area contributed by atoms with E-state index in [4.69, 9.17) is 0 Å². The molecule has 0 spiro atoms. The van der Waals surface area contributed by atoms with E-state index in [0.717, 1.165) is 26.2 Å². The minimum Gasteiger partial charge on any atom is -0.465 e. The molecule has 0 saturated carbocycles. The molecule has 1 aliphatic rings. The van der Waals surface area contributed by atoms with Crippen molar-refractivity contribution in [2.75, 3.05) is 45.2 Å². The quantitative estimate of drug-likeness (QED) is 0.761. The second-order valence-corrected chi connectivity index (χ2v) is 4.81. The summed E-state index contributed by atoms with van der Waals surface area (Å²) in [7, 11) is 1.33. The lowest BCUT2D eigenvalue weighted by atomic mass is 10.2. The molecule has 7 nitrogen and oxygen atoms in total. The number of piperazine rings is 1. The second kappa shape index (κ2) is 7.03. The van der Waals surface area contributed by atoms with Crippen LogP contribution in [-0.4, -0.2) is 61.6 Å². The minimum absolute atomic E-state index is 0.0491. The van der Waals surface area contributed by atoms with Crippen LogP contribution in [0.15, 0.2) is 12.1 Å². The zero-order chi connectivity index (χ0) is 15.2. The van der Waals surface area contributed by atoms with Gasteiger partial charge in [-0.3, -0.25) is 4.79 Å². The number of methoxy groups -OCH3 is 1. The Kier molecular flexibility index (Phi) is 5.10. The van der Waals surface area contributed by atoms with Gasteiger partial charge in [0.2, 0.25) is 5.91 Å². The summed E-state index contributed by atoms with van der Waals surface area (Å²) < 4.78 is 4.67. The molecule has 7 heteroatoms. The number of ether oxygens (including phenoxy) is 1. The molecule has 0 atom stereocenters. The number of carbonyl (C=O) groups is 2. The number of esters is 1. The number of rotatable bonds is 4. The number of nitrogens with one attached hydrogen (secondary N) is 2. The standard InChI is InChI=1S/C14H20N4O3/c1-10-11(14(20)21-2)3-4-12(17-10)16-9-13(19)18-7-5-15-6-8-18/h3-4,15H,5-9H2,1-2H3,(H,16,17). The van der Waals surface area contributed by atoms with Gasteiger partial charge in [0.25, 0.3) is 0 Å². The van der Waals surface area contributed by atoms with Crippen molar-refractivity contribution in [3.8, 4) is 0 Å². The van der Waals surface area contributed by atoms with E-state index in [1.807, 2.05) is 4.90 Å². The van der Waals surface area contributed by atoms with E-state index in [-0.39, 0.29) is 12.5 Å². The Morgan fingerprint density at radius 2 is 2.10 bits per heavy atom. The number of carbonyl (C=O) groups excluding carboxylic acids is 2. The molecule has 0 radical (unpaired) electrons. The van der Waals surface area contributed by atoms with Crippen LogP contribution < -0.4 is 10.6 Å². The third-order valence-corrected chi connectivity index (χ3v) is 3.38. The SMILES string of the molecule is COC(=O)c1ccc(NCC(=O)N2CCNCC2)nc1C. The van der Waals surface area contributed by atoms with Crippen molar-refractivity contribution in [1.29, 1.82) is 0 Å². The molecule has 1 aromatic rings. The predicted octanol–water partition coefficient (Wildman–Crippen LogP) is 0.0203. The number of hydrogen-bond acceptors (Lipinski definition) is 6. The van der Waals surface area contributed by atoms with Crippen LogP contribution in [0, 0.1) is 6.92 Å². The van der Waals surface area contributed by atoms with Gasteiger partial charge in [0, 0.05) is 26.2 Å². The molecule has 2 heterocycles. The average molecular weight is 292 g/mol. The van der Waals surface area contributed by atoms with E-state index in [0.29, 0.717) is 17.1 Å². The summed E-state index contributed by atoms with van der Waals surface area (Å²) in [4.78, 5) is 29.6. The molecule has 0 bridgehead atoms. The van der Waals surface area contributed by atoms with Crippen molar-refractivity contribution in [3.63, 3.8) is 0 Å². The Hall–Kier alpha value is -2.15. The normalized spacial score (nSPS) is 14.7. The summed E-state index contributed by atoms with van der Waals surface area (Å²) >= 11 is 0. The molecule has 2 N–H and O–H groups in total. The average Bonchev–Trinajstić information content (AvgIpc) is 2.52. The monoisotopic (exact) mass is 292 g/mol. The van der Waals surface area contributed by atoms with Crippen molar-refractivity contribution >= 4 is 17.7 Å². The summed E-state index contributed by atoms with van der Waals surface area (Å²) in [6.07, 6.45) is 0. The molecule has 0 aromatic carbocycles. The minimum atomic E-state index is -0.413. The summed E-state index contributed by atoms with van der Waals surface area (Å²) in [6, 6.07) is 3.32. The first kappa shape index (κ1) is 15.2. The fraction of sp³-hybridized carbons (Fsp3) is 0.500. The molecule has 114 valence electrons. The highest BCUT2D eigenvalue weighted by molar-refractivity contribution is 5.90. The van der Waals surface area contributed by atoms with E-state index in [9.17, 15) is 9.59 Å². The molecule has 1 saturated heterocycles. The Labute approximate surface area is 123 Å². The number of anilines is 1. The molecule has 1 fully saturated rings.